The van der Waals surface area contributed by atoms with E-state index in [1.165, 1.54) is 0 Å². The molecule has 2 aromatic heterocycles. The fourth-order valence-electron chi connectivity index (χ4n) is 1.60. The van der Waals surface area contributed by atoms with Crippen LogP contribution >= 0.6 is 0 Å². The van der Waals surface area contributed by atoms with Crippen LogP contribution in [0.25, 0.3) is 22.3 Å². The maximum absolute atomic E-state index is 4.29. The van der Waals surface area contributed by atoms with E-state index < -0.39 is 0 Å². The van der Waals surface area contributed by atoms with Gasteiger partial charge < -0.3 is 0 Å². The summed E-state index contributed by atoms with van der Waals surface area (Å²) in [6, 6.07) is 9.86. The van der Waals surface area contributed by atoms with Gasteiger partial charge in [-0.1, -0.05) is 30.3 Å². The summed E-state index contributed by atoms with van der Waals surface area (Å²) in [7, 11) is 0. The van der Waals surface area contributed by atoms with Gasteiger partial charge in [0.2, 0.25) is 0 Å². The molecule has 0 aliphatic carbocycles. The Bertz CT molecular complexity index is 617. The van der Waals surface area contributed by atoms with Gasteiger partial charge in [0.1, 0.15) is 16.7 Å². The minimum atomic E-state index is 0.761. The fourth-order valence-corrected chi connectivity index (χ4v) is 1.60. The molecule has 3 aromatic rings. The highest BCUT2D eigenvalue weighted by Crippen LogP contribution is 2.21. The van der Waals surface area contributed by atoms with Crippen molar-refractivity contribution in [3.05, 3.63) is 48.9 Å². The van der Waals surface area contributed by atoms with E-state index in [0.29, 0.717) is 0 Å². The van der Waals surface area contributed by atoms with Gasteiger partial charge in [0, 0.05) is 18.0 Å². The van der Waals surface area contributed by atoms with E-state index >= 15 is 0 Å². The topological polar surface area (TPSA) is 51.6 Å². The largest absolute Gasteiger partial charge is 0.251 e. The number of fused-ring (bicyclic) bond motifs is 1. The summed E-state index contributed by atoms with van der Waals surface area (Å²) < 4.78 is 0. The zero-order valence-electron chi connectivity index (χ0n) is 8.41. The summed E-state index contributed by atoms with van der Waals surface area (Å²) in [4.78, 5) is 8.49. The van der Waals surface area contributed by atoms with E-state index in [9.17, 15) is 0 Å². The molecule has 4 heteroatoms. The van der Waals surface area contributed by atoms with Gasteiger partial charge in [-0.3, -0.25) is 9.97 Å². The maximum atomic E-state index is 4.29. The average molecular weight is 208 g/mol. The Labute approximate surface area is 92.0 Å². The van der Waals surface area contributed by atoms with Crippen LogP contribution < -0.4 is 0 Å². The van der Waals surface area contributed by atoms with E-state index in [0.717, 1.165) is 22.3 Å². The highest BCUT2D eigenvalue weighted by Gasteiger charge is 2.06. The molecule has 0 aliphatic heterocycles. The minimum absolute atomic E-state index is 0.761. The molecule has 0 radical (unpaired) electrons. The summed E-state index contributed by atoms with van der Waals surface area (Å²) >= 11 is 0. The van der Waals surface area contributed by atoms with E-state index in [1.54, 1.807) is 18.6 Å². The van der Waals surface area contributed by atoms with E-state index in [2.05, 4.69) is 20.2 Å². The van der Waals surface area contributed by atoms with E-state index in [1.807, 2.05) is 30.3 Å². The molecular weight excluding hydrogens is 200 g/mol. The smallest absolute Gasteiger partial charge is 0.121 e. The van der Waals surface area contributed by atoms with Crippen molar-refractivity contribution in [3.8, 4) is 11.3 Å². The number of nitrogens with zero attached hydrogens (tertiary/aromatic N) is 4. The standard InChI is InChI=1S/C12H8N4/c1-2-4-9(5-3-1)11-12-10(8-15-16-11)13-6-7-14-12/h1-8H. The van der Waals surface area contributed by atoms with Gasteiger partial charge >= 0.3 is 0 Å². The first-order valence-corrected chi connectivity index (χ1v) is 4.93. The monoisotopic (exact) mass is 208 g/mol. The molecule has 0 aliphatic rings. The average Bonchev–Trinajstić information content (AvgIpc) is 2.39. The van der Waals surface area contributed by atoms with Crippen molar-refractivity contribution in [2.45, 2.75) is 0 Å². The first kappa shape index (κ1) is 8.91. The number of hydrogen-bond donors (Lipinski definition) is 0. The van der Waals surface area contributed by atoms with Crippen LogP contribution in [0.2, 0.25) is 0 Å². The molecule has 76 valence electrons. The molecule has 2 heterocycles. The molecule has 0 N–H and O–H groups in total. The quantitative estimate of drug-likeness (QED) is 0.614. The van der Waals surface area contributed by atoms with Gasteiger partial charge in [-0.25, -0.2) is 0 Å². The van der Waals surface area contributed by atoms with Gasteiger partial charge in [-0.15, -0.1) is 5.10 Å². The second-order valence-corrected chi connectivity index (χ2v) is 3.35. The predicted octanol–water partition coefficient (Wildman–Crippen LogP) is 2.09. The molecule has 0 amide bonds. The van der Waals surface area contributed by atoms with Gasteiger partial charge in [0.15, 0.2) is 0 Å². The number of benzene rings is 1. The Morgan fingerprint density at radius 2 is 1.69 bits per heavy atom. The summed E-state index contributed by atoms with van der Waals surface area (Å²) in [5.41, 5.74) is 3.31. The van der Waals surface area contributed by atoms with Gasteiger partial charge in [-0.2, -0.15) is 5.10 Å². The van der Waals surface area contributed by atoms with Crippen LogP contribution in [-0.2, 0) is 0 Å². The Hall–Kier alpha value is -2.36. The fraction of sp³-hybridized carbons (Fsp3) is 0. The second kappa shape index (κ2) is 3.66. The van der Waals surface area contributed by atoms with Crippen LogP contribution in [0.1, 0.15) is 0 Å². The summed E-state index contributed by atoms with van der Waals surface area (Å²) in [5, 5.41) is 8.06. The van der Waals surface area contributed by atoms with Crippen LogP contribution in [0, 0.1) is 0 Å². The van der Waals surface area contributed by atoms with Gasteiger partial charge in [-0.05, 0) is 0 Å². The molecule has 16 heavy (non-hydrogen) atoms. The lowest BCUT2D eigenvalue weighted by atomic mass is 10.1. The Balaban J connectivity index is 2.32. The minimum Gasteiger partial charge on any atom is -0.251 e. The third kappa shape index (κ3) is 1.40. The van der Waals surface area contributed by atoms with Crippen LogP contribution in [0.3, 0.4) is 0 Å². The Morgan fingerprint density at radius 3 is 2.56 bits per heavy atom. The van der Waals surface area contributed by atoms with Crippen LogP contribution in [-0.4, -0.2) is 20.2 Å². The van der Waals surface area contributed by atoms with Crippen molar-refractivity contribution in [2.75, 3.05) is 0 Å². The van der Waals surface area contributed by atoms with Crippen molar-refractivity contribution in [1.82, 2.24) is 20.2 Å². The molecule has 0 atom stereocenters. The zero-order valence-corrected chi connectivity index (χ0v) is 8.41. The predicted molar refractivity (Wildman–Crippen MR) is 60.6 cm³/mol. The molecule has 0 bridgehead atoms. The zero-order chi connectivity index (χ0) is 10.8. The molecular formula is C12H8N4. The summed E-state index contributed by atoms with van der Waals surface area (Å²) in [5.74, 6) is 0. The molecule has 0 saturated carbocycles. The number of rotatable bonds is 1. The summed E-state index contributed by atoms with van der Waals surface area (Å²) in [6.07, 6.45) is 4.93. The van der Waals surface area contributed by atoms with Crippen molar-refractivity contribution in [1.29, 1.82) is 0 Å². The van der Waals surface area contributed by atoms with E-state index in [-0.39, 0.29) is 0 Å². The summed E-state index contributed by atoms with van der Waals surface area (Å²) in [6.45, 7) is 0. The first-order valence-electron chi connectivity index (χ1n) is 4.93. The second-order valence-electron chi connectivity index (χ2n) is 3.35. The van der Waals surface area contributed by atoms with Crippen LogP contribution in [0.4, 0.5) is 0 Å². The third-order valence-electron chi connectivity index (χ3n) is 2.34. The van der Waals surface area contributed by atoms with Crippen molar-refractivity contribution >= 4 is 11.0 Å². The highest BCUT2D eigenvalue weighted by atomic mass is 15.1. The van der Waals surface area contributed by atoms with Gasteiger partial charge in [0.25, 0.3) is 0 Å². The van der Waals surface area contributed by atoms with Crippen molar-refractivity contribution in [3.63, 3.8) is 0 Å². The van der Waals surface area contributed by atoms with E-state index in [4.69, 9.17) is 0 Å². The Morgan fingerprint density at radius 1 is 0.875 bits per heavy atom. The first-order chi connectivity index (χ1) is 7.95. The number of hydrogen-bond acceptors (Lipinski definition) is 4. The molecule has 3 rings (SSSR count). The molecule has 0 spiro atoms. The molecule has 1 aromatic carbocycles. The van der Waals surface area contributed by atoms with Crippen LogP contribution in [0.15, 0.2) is 48.9 Å². The number of aromatic nitrogens is 4. The highest BCUT2D eigenvalue weighted by molar-refractivity contribution is 5.87. The lowest BCUT2D eigenvalue weighted by molar-refractivity contribution is 1.04. The molecule has 4 nitrogen and oxygen atoms in total. The third-order valence-corrected chi connectivity index (χ3v) is 2.34. The molecule has 0 saturated heterocycles. The van der Waals surface area contributed by atoms with Crippen molar-refractivity contribution in [2.24, 2.45) is 0 Å². The van der Waals surface area contributed by atoms with Crippen molar-refractivity contribution < 1.29 is 0 Å². The SMILES string of the molecule is c1ccc(-c2nncc3nccnc23)cc1. The molecule has 0 unspecified atom stereocenters. The van der Waals surface area contributed by atoms with Crippen LogP contribution in [0.5, 0.6) is 0 Å². The lowest BCUT2D eigenvalue weighted by Crippen LogP contribution is -1.92. The maximum Gasteiger partial charge on any atom is 0.121 e. The Kier molecular flexibility index (Phi) is 2.04. The normalized spacial score (nSPS) is 10.5. The van der Waals surface area contributed by atoms with Gasteiger partial charge in [0.05, 0.1) is 6.20 Å². The molecule has 0 fully saturated rings. The lowest BCUT2D eigenvalue weighted by Gasteiger charge is -2.02.